The van der Waals surface area contributed by atoms with E-state index in [2.05, 4.69) is 28.1 Å². The molecular weight excluding hydrogens is 360 g/mol. The van der Waals surface area contributed by atoms with Crippen molar-refractivity contribution in [3.05, 3.63) is 88.1 Å². The Morgan fingerprint density at radius 3 is 2.86 bits per heavy atom. The second kappa shape index (κ2) is 7.31. The van der Waals surface area contributed by atoms with Crippen LogP contribution in [-0.2, 0) is 13.1 Å². The molecule has 1 aromatic carbocycles. The molecule has 0 N–H and O–H groups in total. The van der Waals surface area contributed by atoms with Gasteiger partial charge in [-0.2, -0.15) is 5.26 Å². The quantitative estimate of drug-likeness (QED) is 0.697. The van der Waals surface area contributed by atoms with E-state index >= 15 is 0 Å². The fourth-order valence-corrected chi connectivity index (χ4v) is 4.91. The van der Waals surface area contributed by atoms with Crippen molar-refractivity contribution in [3.63, 3.8) is 0 Å². The predicted molar refractivity (Wildman–Crippen MR) is 111 cm³/mol. The third kappa shape index (κ3) is 3.37. The molecule has 0 aliphatic carbocycles. The Balaban J connectivity index is 1.42. The maximum atomic E-state index is 13.2. The van der Waals surface area contributed by atoms with E-state index in [1.807, 2.05) is 41.0 Å². The minimum Gasteiger partial charge on any atom is -0.311 e. The van der Waals surface area contributed by atoms with Crippen LogP contribution in [0.25, 0.3) is 11.1 Å². The van der Waals surface area contributed by atoms with Crippen LogP contribution in [0.5, 0.6) is 0 Å². The van der Waals surface area contributed by atoms with Gasteiger partial charge in [-0.3, -0.25) is 14.7 Å². The monoisotopic (exact) mass is 382 g/mol. The second-order valence-electron chi connectivity index (χ2n) is 8.13. The molecule has 3 aromatic rings. The van der Waals surface area contributed by atoms with Crippen LogP contribution in [0.4, 0.5) is 0 Å². The Labute approximate surface area is 169 Å². The Bertz CT molecular complexity index is 1150. The van der Waals surface area contributed by atoms with Crippen molar-refractivity contribution in [1.29, 1.82) is 5.26 Å². The highest BCUT2D eigenvalue weighted by Gasteiger charge is 2.35. The summed E-state index contributed by atoms with van der Waals surface area (Å²) in [5.41, 5.74) is 4.73. The van der Waals surface area contributed by atoms with Crippen molar-refractivity contribution in [2.45, 2.75) is 25.4 Å². The summed E-state index contributed by atoms with van der Waals surface area (Å²) in [5.74, 6) is 0.847. The average Bonchev–Trinajstić information content (AvgIpc) is 2.75. The number of nitrogens with zero attached hydrogens (tertiary/aromatic N) is 4. The van der Waals surface area contributed by atoms with E-state index in [0.717, 1.165) is 49.4 Å². The molecular formula is C24H22N4O. The number of hydrogen-bond acceptors (Lipinski definition) is 4. The zero-order chi connectivity index (χ0) is 19.8. The van der Waals surface area contributed by atoms with Crippen molar-refractivity contribution in [3.8, 4) is 17.2 Å². The van der Waals surface area contributed by atoms with E-state index < -0.39 is 0 Å². The first-order valence-electron chi connectivity index (χ1n) is 10.1. The van der Waals surface area contributed by atoms with Gasteiger partial charge in [-0.15, -0.1) is 0 Å². The lowest BCUT2D eigenvalue weighted by Crippen LogP contribution is -2.46. The van der Waals surface area contributed by atoms with Gasteiger partial charge in [-0.25, -0.2) is 0 Å². The molecule has 2 atom stereocenters. The van der Waals surface area contributed by atoms with Crippen molar-refractivity contribution >= 4 is 0 Å². The van der Waals surface area contributed by atoms with Crippen LogP contribution in [0, 0.1) is 17.2 Å². The van der Waals surface area contributed by atoms with Gasteiger partial charge in [0, 0.05) is 61.3 Å². The van der Waals surface area contributed by atoms with Gasteiger partial charge in [0.15, 0.2) is 0 Å². The lowest BCUT2D eigenvalue weighted by molar-refractivity contribution is 0.114. The molecule has 0 saturated carbocycles. The summed E-state index contributed by atoms with van der Waals surface area (Å²) in [4.78, 5) is 19.8. The normalized spacial score (nSPS) is 20.7. The molecule has 2 aromatic heterocycles. The van der Waals surface area contributed by atoms with E-state index in [0.29, 0.717) is 17.4 Å². The predicted octanol–water partition coefficient (Wildman–Crippen LogP) is 3.40. The summed E-state index contributed by atoms with van der Waals surface area (Å²) >= 11 is 0. The number of likely N-dealkylation sites (tertiary alicyclic amines) is 1. The lowest BCUT2D eigenvalue weighted by Gasteiger charge is -2.43. The highest BCUT2D eigenvalue weighted by Crippen LogP contribution is 2.36. The molecule has 2 aliphatic rings. The maximum Gasteiger partial charge on any atom is 0.258 e. The molecule has 5 heteroatoms. The Hall–Kier alpha value is -3.23. The Morgan fingerprint density at radius 1 is 1.10 bits per heavy atom. The molecule has 0 spiro atoms. The zero-order valence-electron chi connectivity index (χ0n) is 16.2. The van der Waals surface area contributed by atoms with E-state index in [1.54, 1.807) is 12.4 Å². The minimum atomic E-state index is 0.0976. The molecule has 29 heavy (non-hydrogen) atoms. The van der Waals surface area contributed by atoms with Crippen molar-refractivity contribution < 1.29 is 0 Å². The number of hydrogen-bond donors (Lipinski definition) is 0. The summed E-state index contributed by atoms with van der Waals surface area (Å²) in [6.07, 6.45) is 4.62. The number of rotatable bonds is 3. The first-order chi connectivity index (χ1) is 14.2. The lowest BCUT2D eigenvalue weighted by atomic mass is 9.82. The summed E-state index contributed by atoms with van der Waals surface area (Å²) in [6, 6.07) is 18.0. The van der Waals surface area contributed by atoms with Crippen molar-refractivity contribution in [1.82, 2.24) is 14.5 Å². The topological polar surface area (TPSA) is 61.9 Å². The van der Waals surface area contributed by atoms with Crippen molar-refractivity contribution in [2.24, 2.45) is 5.92 Å². The zero-order valence-corrected chi connectivity index (χ0v) is 16.2. The van der Waals surface area contributed by atoms with Crippen LogP contribution in [0.2, 0.25) is 0 Å². The van der Waals surface area contributed by atoms with Gasteiger partial charge in [-0.05, 0) is 48.2 Å². The molecule has 5 nitrogen and oxygen atoms in total. The number of nitriles is 1. The number of benzene rings is 1. The van der Waals surface area contributed by atoms with Crippen LogP contribution in [0.1, 0.15) is 29.2 Å². The molecule has 5 rings (SSSR count). The van der Waals surface area contributed by atoms with Gasteiger partial charge in [0.2, 0.25) is 0 Å². The average molecular weight is 382 g/mol. The molecule has 1 fully saturated rings. The SMILES string of the molecule is N#Cc1cccc(CN2C[C@H]3C[C@H](C2)c2ccc(-c4cccnc4)c(=O)n2C3)c1. The Morgan fingerprint density at radius 2 is 2.03 bits per heavy atom. The number of aromatic nitrogens is 2. The molecule has 4 heterocycles. The fraction of sp³-hybridized carbons (Fsp3) is 0.292. The Kier molecular flexibility index (Phi) is 4.49. The highest BCUT2D eigenvalue weighted by molar-refractivity contribution is 5.61. The summed E-state index contributed by atoms with van der Waals surface area (Å²) in [5, 5.41) is 9.14. The molecule has 1 saturated heterocycles. The van der Waals surface area contributed by atoms with E-state index in [9.17, 15) is 4.79 Å². The fourth-order valence-electron chi connectivity index (χ4n) is 4.91. The smallest absolute Gasteiger partial charge is 0.258 e. The van der Waals surface area contributed by atoms with E-state index in [-0.39, 0.29) is 5.56 Å². The van der Waals surface area contributed by atoms with Crippen LogP contribution in [0.3, 0.4) is 0 Å². The van der Waals surface area contributed by atoms with Gasteiger partial charge in [0.25, 0.3) is 5.56 Å². The van der Waals surface area contributed by atoms with E-state index in [1.165, 1.54) is 5.56 Å². The van der Waals surface area contributed by atoms with Crippen molar-refractivity contribution in [2.75, 3.05) is 13.1 Å². The molecule has 144 valence electrons. The molecule has 2 aliphatic heterocycles. The van der Waals surface area contributed by atoms with Gasteiger partial charge < -0.3 is 4.57 Å². The van der Waals surface area contributed by atoms with Gasteiger partial charge in [0.05, 0.1) is 11.6 Å². The summed E-state index contributed by atoms with van der Waals surface area (Å²) < 4.78 is 1.99. The number of fused-ring (bicyclic) bond motifs is 4. The van der Waals surface area contributed by atoms with Crippen LogP contribution in [-0.4, -0.2) is 27.5 Å². The molecule has 2 bridgehead atoms. The number of piperidine rings is 1. The van der Waals surface area contributed by atoms with Gasteiger partial charge in [-0.1, -0.05) is 18.2 Å². The standard InChI is InChI=1S/C24H22N4O/c25-11-17-3-1-4-18(9-17)13-27-14-19-10-21(16-27)23-7-6-22(24(29)28(23)15-19)20-5-2-8-26-12-20/h1-9,12,19,21H,10,13-16H2/t19-,21-/m1/s1. The minimum absolute atomic E-state index is 0.0976. The third-order valence-corrected chi connectivity index (χ3v) is 6.11. The first-order valence-corrected chi connectivity index (χ1v) is 10.1. The molecule has 0 radical (unpaired) electrons. The maximum absolute atomic E-state index is 13.2. The van der Waals surface area contributed by atoms with Gasteiger partial charge in [0.1, 0.15) is 0 Å². The molecule has 0 unspecified atom stereocenters. The van der Waals surface area contributed by atoms with Crippen LogP contribution >= 0.6 is 0 Å². The first kappa shape index (κ1) is 17.8. The molecule has 0 amide bonds. The second-order valence-corrected chi connectivity index (χ2v) is 8.13. The van der Waals surface area contributed by atoms with Crippen LogP contribution < -0.4 is 5.56 Å². The largest absolute Gasteiger partial charge is 0.311 e. The summed E-state index contributed by atoms with van der Waals surface area (Å²) in [7, 11) is 0. The van der Waals surface area contributed by atoms with E-state index in [4.69, 9.17) is 5.26 Å². The summed E-state index contributed by atoms with van der Waals surface area (Å²) in [6.45, 7) is 3.54. The highest BCUT2D eigenvalue weighted by atomic mass is 16.1. The van der Waals surface area contributed by atoms with Crippen LogP contribution in [0.15, 0.2) is 65.7 Å². The number of pyridine rings is 2. The third-order valence-electron chi connectivity index (χ3n) is 6.11. The van der Waals surface area contributed by atoms with Gasteiger partial charge >= 0.3 is 0 Å².